The first-order valence-electron chi connectivity index (χ1n) is 19.6. The van der Waals surface area contributed by atoms with Crippen molar-refractivity contribution in [3.05, 3.63) is 23.3 Å². The van der Waals surface area contributed by atoms with Crippen molar-refractivity contribution < 1.29 is 49.2 Å². The molecule has 0 amide bonds. The predicted molar refractivity (Wildman–Crippen MR) is 188 cm³/mol. The zero-order chi connectivity index (χ0) is 37.8. The predicted octanol–water partition coefficient (Wildman–Crippen LogP) is 3.98. The number of hydrogen-bond acceptors (Lipinski definition) is 10. The van der Waals surface area contributed by atoms with Crippen molar-refractivity contribution in [2.24, 2.45) is 57.2 Å². The molecule has 10 nitrogen and oxygen atoms in total. The van der Waals surface area contributed by atoms with E-state index in [1.807, 2.05) is 13.8 Å². The number of hydrogen-bond donors (Lipinski definition) is 4. The van der Waals surface area contributed by atoms with Crippen LogP contribution in [0.4, 0.5) is 0 Å². The summed E-state index contributed by atoms with van der Waals surface area (Å²) in [6.45, 7) is 6.61. The number of rotatable bonds is 4. The van der Waals surface area contributed by atoms with Crippen molar-refractivity contribution in [2.45, 2.75) is 129 Å². The average Bonchev–Trinajstić information content (AvgIpc) is 3.53. The van der Waals surface area contributed by atoms with Crippen LogP contribution >= 0.6 is 0 Å². The number of carbonyl (C=O) groups excluding carboxylic acids is 6. The summed E-state index contributed by atoms with van der Waals surface area (Å²) in [5, 5.41) is 41.0. The van der Waals surface area contributed by atoms with Gasteiger partial charge in [-0.25, -0.2) is 0 Å². The Balaban J connectivity index is 0.000000162. The van der Waals surface area contributed by atoms with Gasteiger partial charge < -0.3 is 20.4 Å². The molecule has 6 saturated carbocycles. The molecule has 284 valence electrons. The Morgan fingerprint density at radius 1 is 0.596 bits per heavy atom. The van der Waals surface area contributed by atoms with Crippen LogP contribution in [0.1, 0.15) is 118 Å². The van der Waals surface area contributed by atoms with Gasteiger partial charge in [0.25, 0.3) is 0 Å². The molecule has 0 unspecified atom stereocenters. The number of ketones is 6. The average molecular weight is 721 g/mol. The molecule has 8 rings (SSSR count). The van der Waals surface area contributed by atoms with E-state index in [0.717, 1.165) is 36.8 Å². The Morgan fingerprint density at radius 3 is 1.31 bits per heavy atom. The molecule has 8 aliphatic carbocycles. The molecule has 0 aliphatic heterocycles. The van der Waals surface area contributed by atoms with Gasteiger partial charge in [-0.3, -0.25) is 28.8 Å². The van der Waals surface area contributed by atoms with E-state index in [2.05, 4.69) is 13.8 Å². The zero-order valence-electron chi connectivity index (χ0n) is 31.2. The van der Waals surface area contributed by atoms with Crippen molar-refractivity contribution in [3.8, 4) is 0 Å². The van der Waals surface area contributed by atoms with Gasteiger partial charge in [0.2, 0.25) is 0 Å². The number of carbonyl (C=O) groups is 6. The Hall–Kier alpha value is -2.66. The van der Waals surface area contributed by atoms with E-state index >= 15 is 0 Å². The number of fused-ring (bicyclic) bond motifs is 10. The van der Waals surface area contributed by atoms with Crippen LogP contribution in [-0.2, 0) is 28.8 Å². The standard InChI is InChI=1S/2C21H28O5/c2*1-19-7-5-13(23)9-12(19)3-4-14-15-6-8-21(26,17(25)11-22)20(15,2)10-16(24)18(14)19/h2*9,14-15,18,22,26H,3-8,10-11H2,1-2H3/t2*14-,15-,18+,19-,20-,21-/m00/s1. The minimum Gasteiger partial charge on any atom is -0.388 e. The second kappa shape index (κ2) is 12.4. The molecule has 8 aliphatic rings. The number of allylic oxidation sites excluding steroid dienone is 2. The van der Waals surface area contributed by atoms with Gasteiger partial charge in [0.05, 0.1) is 0 Å². The third-order valence-corrected chi connectivity index (χ3v) is 16.8. The molecule has 0 radical (unpaired) electrons. The molecule has 6 fully saturated rings. The molecule has 4 N–H and O–H groups in total. The van der Waals surface area contributed by atoms with E-state index in [4.69, 9.17) is 0 Å². The van der Waals surface area contributed by atoms with Crippen LogP contribution in [0.5, 0.6) is 0 Å². The van der Waals surface area contributed by atoms with E-state index in [1.165, 1.54) is 0 Å². The Morgan fingerprint density at radius 2 is 0.962 bits per heavy atom. The number of Topliss-reactive ketones (excluding diaryl/α,β-unsaturated/α-hetero) is 4. The second-order valence-electron chi connectivity index (χ2n) is 18.8. The number of aliphatic hydroxyl groups excluding tert-OH is 2. The highest BCUT2D eigenvalue weighted by atomic mass is 16.3. The highest BCUT2D eigenvalue weighted by molar-refractivity contribution is 5.96. The minimum absolute atomic E-state index is 0.0988. The molecule has 0 spiro atoms. The molecule has 12 atom stereocenters. The van der Waals surface area contributed by atoms with Gasteiger partial charge in [0.15, 0.2) is 23.1 Å². The van der Waals surface area contributed by atoms with E-state index in [9.17, 15) is 49.2 Å². The van der Waals surface area contributed by atoms with Crippen LogP contribution in [0, 0.1) is 57.2 Å². The summed E-state index contributed by atoms with van der Waals surface area (Å²) in [5.41, 5.74) is -3.11. The number of aliphatic hydroxyl groups is 4. The first-order valence-corrected chi connectivity index (χ1v) is 19.6. The molecule has 0 bridgehead atoms. The fourth-order valence-corrected chi connectivity index (χ4v) is 14.0. The first-order chi connectivity index (χ1) is 24.3. The maximum absolute atomic E-state index is 13.3. The molecule has 10 heteroatoms. The molecular formula is C42H56O10. The van der Waals surface area contributed by atoms with Crippen molar-refractivity contribution in [1.29, 1.82) is 0 Å². The topological polar surface area (TPSA) is 183 Å². The van der Waals surface area contributed by atoms with Crippen molar-refractivity contribution in [1.82, 2.24) is 0 Å². The monoisotopic (exact) mass is 720 g/mol. The van der Waals surface area contributed by atoms with E-state index in [1.54, 1.807) is 12.2 Å². The van der Waals surface area contributed by atoms with Gasteiger partial charge >= 0.3 is 0 Å². The minimum atomic E-state index is -1.60. The maximum Gasteiger partial charge on any atom is 0.190 e. The third-order valence-electron chi connectivity index (χ3n) is 16.8. The third kappa shape index (κ3) is 4.95. The lowest BCUT2D eigenvalue weighted by molar-refractivity contribution is -0.171. The SMILES string of the molecule is C[C@]12CCC(=O)C=C1CC[C@@H]1[C@@H]2C(=O)C[C@@]2(C)[C@H]1CC[C@]2(O)C(=O)CO.C[C@]12CCC(=O)C=C1CC[C@@H]1[C@@H]2C(=O)C[C@@]2(C)[C@H]1CC[C@]2(O)C(=O)CO. The fraction of sp³-hybridized carbons (Fsp3) is 0.762. The van der Waals surface area contributed by atoms with Crippen LogP contribution in [0.15, 0.2) is 23.3 Å². The highest BCUT2D eigenvalue weighted by Crippen LogP contribution is 2.68. The van der Waals surface area contributed by atoms with E-state index < -0.39 is 46.8 Å². The zero-order valence-corrected chi connectivity index (χ0v) is 31.2. The summed E-state index contributed by atoms with van der Waals surface area (Å²) in [4.78, 5) is 75.0. The molecule has 52 heavy (non-hydrogen) atoms. The summed E-state index contributed by atoms with van der Waals surface area (Å²) < 4.78 is 0. The van der Waals surface area contributed by atoms with Crippen LogP contribution in [0.2, 0.25) is 0 Å². The van der Waals surface area contributed by atoms with Crippen LogP contribution < -0.4 is 0 Å². The molecule has 0 saturated heterocycles. The van der Waals surface area contributed by atoms with Gasteiger partial charge in [0, 0.05) is 48.3 Å². The summed E-state index contributed by atoms with van der Waals surface area (Å²) in [7, 11) is 0. The van der Waals surface area contributed by atoms with Crippen LogP contribution in [0.25, 0.3) is 0 Å². The van der Waals surface area contributed by atoms with Crippen molar-refractivity contribution in [2.75, 3.05) is 13.2 Å². The van der Waals surface area contributed by atoms with E-state index in [0.29, 0.717) is 51.4 Å². The molecular weight excluding hydrogens is 664 g/mol. The maximum atomic E-state index is 13.3. The van der Waals surface area contributed by atoms with Crippen LogP contribution in [0.3, 0.4) is 0 Å². The van der Waals surface area contributed by atoms with Gasteiger partial charge in [-0.05, 0) is 111 Å². The van der Waals surface area contributed by atoms with Gasteiger partial charge in [-0.15, -0.1) is 0 Å². The molecule has 0 aromatic carbocycles. The Labute approximate surface area is 305 Å². The second-order valence-corrected chi connectivity index (χ2v) is 18.8. The molecule has 0 aromatic heterocycles. The lowest BCUT2D eigenvalue weighted by atomic mass is 9.46. The largest absolute Gasteiger partial charge is 0.388 e. The first kappa shape index (κ1) is 37.6. The van der Waals surface area contributed by atoms with Gasteiger partial charge in [-0.2, -0.15) is 0 Å². The normalized spacial score (nSPS) is 47.7. The smallest absolute Gasteiger partial charge is 0.190 e. The Kier molecular flexibility index (Phi) is 9.00. The van der Waals surface area contributed by atoms with Crippen LogP contribution in [-0.4, -0.2) is 79.5 Å². The van der Waals surface area contributed by atoms with Crippen molar-refractivity contribution in [3.63, 3.8) is 0 Å². The lowest BCUT2D eigenvalue weighted by Gasteiger charge is -2.57. The lowest BCUT2D eigenvalue weighted by Crippen LogP contribution is -2.60. The summed E-state index contributed by atoms with van der Waals surface area (Å²) in [6, 6.07) is 0. The highest BCUT2D eigenvalue weighted by Gasteiger charge is 2.70. The van der Waals surface area contributed by atoms with Gasteiger partial charge in [0.1, 0.15) is 36.0 Å². The van der Waals surface area contributed by atoms with E-state index in [-0.39, 0.29) is 82.3 Å². The fourth-order valence-electron chi connectivity index (χ4n) is 14.0. The summed E-state index contributed by atoms with van der Waals surface area (Å²) in [6.07, 6.45) is 11.7. The Bertz CT molecular complexity index is 1570. The molecule has 0 aromatic rings. The summed E-state index contributed by atoms with van der Waals surface area (Å²) >= 11 is 0. The quantitative estimate of drug-likeness (QED) is 0.332. The van der Waals surface area contributed by atoms with Crippen molar-refractivity contribution >= 4 is 34.7 Å². The summed E-state index contributed by atoms with van der Waals surface area (Å²) in [5.74, 6) is -0.345. The van der Waals surface area contributed by atoms with Gasteiger partial charge in [-0.1, -0.05) is 38.8 Å². The molecule has 0 heterocycles.